The van der Waals surface area contributed by atoms with Crippen LogP contribution in [0.2, 0.25) is 0 Å². The van der Waals surface area contributed by atoms with E-state index >= 15 is 0 Å². The molecule has 0 rings (SSSR count). The van der Waals surface area contributed by atoms with Crippen LogP contribution in [0, 0.1) is 0 Å². The van der Waals surface area contributed by atoms with Gasteiger partial charge in [0.05, 0.1) is 26.2 Å². The molecule has 0 heterocycles. The van der Waals surface area contributed by atoms with Gasteiger partial charge < -0.3 is 16.9 Å². The Kier molecular flexibility index (Phi) is 21.5. The topological polar surface area (TPSA) is 0 Å². The van der Waals surface area contributed by atoms with Crippen LogP contribution in [0.4, 0.5) is 0 Å². The molecule has 0 aromatic carbocycles. The molecule has 0 saturated carbocycles. The van der Waals surface area contributed by atoms with Gasteiger partial charge in [0.15, 0.2) is 0 Å². The van der Waals surface area contributed by atoms with Crippen molar-refractivity contribution in [2.75, 3.05) is 31.5 Å². The summed E-state index contributed by atoms with van der Waals surface area (Å²) in [5.41, 5.74) is 0. The number of nitrogens with zero attached hydrogens (tertiary/aromatic N) is 1. The van der Waals surface area contributed by atoms with Crippen LogP contribution >= 0.6 is 15.9 Å². The number of unbranched alkanes of at least 4 members (excludes halogenated alkanes) is 8. The highest BCUT2D eigenvalue weighted by Crippen LogP contribution is 2.18. The molecule has 0 saturated heterocycles. The van der Waals surface area contributed by atoms with Crippen LogP contribution in [-0.4, -0.2) is 36.0 Å². The number of hydrogen-bond acceptors (Lipinski definition) is 0. The summed E-state index contributed by atoms with van der Waals surface area (Å²) in [5, 5.41) is 1.17. The van der Waals surface area contributed by atoms with E-state index in [-0.39, 0.29) is 12.4 Å². The molecule has 142 valence electrons. The SMILES string of the molecule is CCCCCC[N+](CCCCC)(CCCCC)CCCCBr.[Cl-]. The number of hydrogen-bond donors (Lipinski definition) is 0. The van der Waals surface area contributed by atoms with Gasteiger partial charge in [0.2, 0.25) is 0 Å². The van der Waals surface area contributed by atoms with E-state index in [0.717, 1.165) is 0 Å². The maximum atomic E-state index is 3.61. The first-order valence-corrected chi connectivity index (χ1v) is 11.3. The molecule has 0 bridgehead atoms. The van der Waals surface area contributed by atoms with E-state index in [4.69, 9.17) is 0 Å². The molecule has 1 nitrogen and oxygen atoms in total. The van der Waals surface area contributed by atoms with Gasteiger partial charge in [-0.15, -0.1) is 0 Å². The van der Waals surface area contributed by atoms with E-state index in [1.54, 1.807) is 0 Å². The third kappa shape index (κ3) is 14.8. The largest absolute Gasteiger partial charge is 1.00 e. The quantitative estimate of drug-likeness (QED) is 0.193. The average Bonchev–Trinajstić information content (AvgIpc) is 2.52. The van der Waals surface area contributed by atoms with Gasteiger partial charge in [-0.1, -0.05) is 62.4 Å². The van der Waals surface area contributed by atoms with Crippen molar-refractivity contribution in [2.45, 2.75) is 97.8 Å². The van der Waals surface area contributed by atoms with Gasteiger partial charge >= 0.3 is 0 Å². The van der Waals surface area contributed by atoms with Crippen LogP contribution in [0.15, 0.2) is 0 Å². The molecule has 0 radical (unpaired) electrons. The van der Waals surface area contributed by atoms with Crippen LogP contribution in [0.5, 0.6) is 0 Å². The predicted octanol–water partition coefficient (Wildman–Crippen LogP) is 3.94. The molecule has 23 heavy (non-hydrogen) atoms. The lowest BCUT2D eigenvalue weighted by Gasteiger charge is -2.39. The minimum absolute atomic E-state index is 0. The van der Waals surface area contributed by atoms with Gasteiger partial charge in [0.1, 0.15) is 0 Å². The molecule has 0 atom stereocenters. The standard InChI is InChI=1S/C20H43BrN.ClH/c1-4-7-10-14-19-22(17-12-8-5-2,18-13-9-6-3)20-15-11-16-21;/h4-20H2,1-3H3;1H/q+1;/p-1. The number of quaternary nitrogens is 1. The van der Waals surface area contributed by atoms with Gasteiger partial charge in [0, 0.05) is 5.33 Å². The Morgan fingerprint density at radius 2 is 0.870 bits per heavy atom. The summed E-state index contributed by atoms with van der Waals surface area (Å²) < 4.78 is 1.43. The summed E-state index contributed by atoms with van der Waals surface area (Å²) in [6, 6.07) is 0. The van der Waals surface area contributed by atoms with Crippen LogP contribution in [-0.2, 0) is 0 Å². The Labute approximate surface area is 162 Å². The summed E-state index contributed by atoms with van der Waals surface area (Å²) in [6.07, 6.45) is 16.8. The second-order valence-electron chi connectivity index (χ2n) is 7.11. The molecule has 0 aliphatic heterocycles. The van der Waals surface area contributed by atoms with Crippen LogP contribution in [0.25, 0.3) is 0 Å². The van der Waals surface area contributed by atoms with E-state index in [9.17, 15) is 0 Å². The Morgan fingerprint density at radius 1 is 0.522 bits per heavy atom. The molecule has 0 aliphatic rings. The molecular weight excluding hydrogens is 370 g/mol. The highest BCUT2D eigenvalue weighted by atomic mass is 79.9. The second kappa shape index (κ2) is 19.1. The second-order valence-corrected chi connectivity index (χ2v) is 7.90. The van der Waals surface area contributed by atoms with Crippen molar-refractivity contribution in [1.82, 2.24) is 0 Å². The van der Waals surface area contributed by atoms with Gasteiger partial charge in [-0.3, -0.25) is 0 Å². The molecule has 0 aromatic heterocycles. The van der Waals surface area contributed by atoms with E-state index in [1.165, 1.54) is 113 Å². The molecule has 0 unspecified atom stereocenters. The monoisotopic (exact) mass is 411 g/mol. The van der Waals surface area contributed by atoms with E-state index in [2.05, 4.69) is 36.7 Å². The summed E-state index contributed by atoms with van der Waals surface area (Å²) in [7, 11) is 0. The highest BCUT2D eigenvalue weighted by Gasteiger charge is 2.25. The van der Waals surface area contributed by atoms with Crippen molar-refractivity contribution in [3.05, 3.63) is 0 Å². The lowest BCUT2D eigenvalue weighted by atomic mass is 10.1. The van der Waals surface area contributed by atoms with Crippen LogP contribution in [0.1, 0.15) is 97.8 Å². The zero-order chi connectivity index (χ0) is 16.5. The van der Waals surface area contributed by atoms with Gasteiger partial charge in [-0.05, 0) is 51.4 Å². The number of rotatable bonds is 17. The van der Waals surface area contributed by atoms with E-state index < -0.39 is 0 Å². The zero-order valence-electron chi connectivity index (χ0n) is 16.2. The smallest absolute Gasteiger partial charge is 0.0786 e. The molecular formula is C20H43BrClN. The van der Waals surface area contributed by atoms with Gasteiger partial charge in [0.25, 0.3) is 0 Å². The molecule has 0 aromatic rings. The first-order valence-electron chi connectivity index (χ1n) is 10.2. The normalized spacial score (nSPS) is 11.5. The van der Waals surface area contributed by atoms with Gasteiger partial charge in [-0.25, -0.2) is 0 Å². The van der Waals surface area contributed by atoms with E-state index in [0.29, 0.717) is 0 Å². The molecule has 0 fully saturated rings. The Bertz CT molecular complexity index is 197. The molecule has 0 amide bonds. The Hall–Kier alpha value is 0.730. The fourth-order valence-electron chi connectivity index (χ4n) is 3.48. The summed E-state index contributed by atoms with van der Waals surface area (Å²) in [6.45, 7) is 12.7. The maximum Gasteiger partial charge on any atom is 0.0786 e. The summed E-state index contributed by atoms with van der Waals surface area (Å²) in [5.74, 6) is 0. The summed E-state index contributed by atoms with van der Waals surface area (Å²) >= 11 is 3.61. The molecule has 0 aliphatic carbocycles. The highest BCUT2D eigenvalue weighted by molar-refractivity contribution is 9.09. The zero-order valence-corrected chi connectivity index (χ0v) is 18.6. The summed E-state index contributed by atoms with van der Waals surface area (Å²) in [4.78, 5) is 0. The van der Waals surface area contributed by atoms with Crippen LogP contribution < -0.4 is 12.4 Å². The van der Waals surface area contributed by atoms with E-state index in [1.807, 2.05) is 0 Å². The molecule has 0 N–H and O–H groups in total. The number of halogens is 2. The minimum atomic E-state index is 0. The van der Waals surface area contributed by atoms with Crippen molar-refractivity contribution < 1.29 is 16.9 Å². The third-order valence-electron chi connectivity index (χ3n) is 4.97. The Morgan fingerprint density at radius 3 is 1.26 bits per heavy atom. The van der Waals surface area contributed by atoms with Crippen molar-refractivity contribution in [2.24, 2.45) is 0 Å². The van der Waals surface area contributed by atoms with Gasteiger partial charge in [-0.2, -0.15) is 0 Å². The fourth-order valence-corrected chi connectivity index (χ4v) is 3.88. The lowest BCUT2D eigenvalue weighted by Crippen LogP contribution is -3.00. The first kappa shape index (κ1) is 26.0. The number of alkyl halides is 1. The molecule has 0 spiro atoms. The van der Waals surface area contributed by atoms with Crippen molar-refractivity contribution >= 4 is 15.9 Å². The molecule has 3 heteroatoms. The average molecular weight is 413 g/mol. The van der Waals surface area contributed by atoms with Crippen molar-refractivity contribution in [3.8, 4) is 0 Å². The van der Waals surface area contributed by atoms with Crippen molar-refractivity contribution in [1.29, 1.82) is 0 Å². The first-order chi connectivity index (χ1) is 10.7. The maximum absolute atomic E-state index is 3.61. The fraction of sp³-hybridized carbons (Fsp3) is 1.00. The lowest BCUT2D eigenvalue weighted by molar-refractivity contribution is -0.929. The predicted molar refractivity (Wildman–Crippen MR) is 106 cm³/mol. The Balaban J connectivity index is 0. The van der Waals surface area contributed by atoms with Crippen LogP contribution in [0.3, 0.4) is 0 Å². The minimum Gasteiger partial charge on any atom is -1.00 e. The third-order valence-corrected chi connectivity index (χ3v) is 5.53. The van der Waals surface area contributed by atoms with Crippen molar-refractivity contribution in [3.63, 3.8) is 0 Å².